The zero-order valence-electron chi connectivity index (χ0n) is 9.56. The van der Waals surface area contributed by atoms with E-state index in [-0.39, 0.29) is 5.91 Å². The van der Waals surface area contributed by atoms with Gasteiger partial charge in [0.2, 0.25) is 0 Å². The number of carbonyl (C=O) groups excluding carboxylic acids is 2. The van der Waals surface area contributed by atoms with Crippen LogP contribution in [0, 0.1) is 0 Å². The molecule has 1 aromatic heterocycles. The summed E-state index contributed by atoms with van der Waals surface area (Å²) < 4.78 is 6.29. The Labute approximate surface area is 93.6 Å². The SMILES string of the molecule is CCOC(=O)C(C)NC(=O)c1cnn(C)c1. The van der Waals surface area contributed by atoms with Gasteiger partial charge in [-0.15, -0.1) is 0 Å². The topological polar surface area (TPSA) is 73.2 Å². The second-order valence-electron chi connectivity index (χ2n) is 3.35. The van der Waals surface area contributed by atoms with E-state index in [1.807, 2.05) is 0 Å². The Morgan fingerprint density at radius 2 is 2.31 bits per heavy atom. The van der Waals surface area contributed by atoms with Crippen molar-refractivity contribution < 1.29 is 14.3 Å². The van der Waals surface area contributed by atoms with Crippen LogP contribution in [0.25, 0.3) is 0 Å². The van der Waals surface area contributed by atoms with Crippen LogP contribution in [-0.4, -0.2) is 34.3 Å². The summed E-state index contributed by atoms with van der Waals surface area (Å²) in [6, 6.07) is -0.660. The number of nitrogens with one attached hydrogen (secondary N) is 1. The van der Waals surface area contributed by atoms with Gasteiger partial charge in [-0.05, 0) is 13.8 Å². The number of carbonyl (C=O) groups is 2. The van der Waals surface area contributed by atoms with Crippen LogP contribution in [0.4, 0.5) is 0 Å². The van der Waals surface area contributed by atoms with Gasteiger partial charge < -0.3 is 10.1 Å². The van der Waals surface area contributed by atoms with Crippen molar-refractivity contribution in [1.82, 2.24) is 15.1 Å². The summed E-state index contributed by atoms with van der Waals surface area (Å²) in [7, 11) is 1.71. The number of ether oxygens (including phenoxy) is 1. The van der Waals surface area contributed by atoms with Crippen LogP contribution in [0.2, 0.25) is 0 Å². The normalized spacial score (nSPS) is 11.9. The molecule has 1 unspecified atom stereocenters. The minimum absolute atomic E-state index is 0.298. The highest BCUT2D eigenvalue weighted by atomic mass is 16.5. The van der Waals surface area contributed by atoms with E-state index < -0.39 is 12.0 Å². The number of aryl methyl sites for hydroxylation is 1. The van der Waals surface area contributed by atoms with Crippen LogP contribution in [0.5, 0.6) is 0 Å². The van der Waals surface area contributed by atoms with E-state index in [9.17, 15) is 9.59 Å². The highest BCUT2D eigenvalue weighted by molar-refractivity contribution is 5.96. The molecule has 0 aromatic carbocycles. The first-order chi connectivity index (χ1) is 7.54. The molecule has 1 rings (SSSR count). The Bertz CT molecular complexity index is 386. The first kappa shape index (κ1) is 12.2. The van der Waals surface area contributed by atoms with E-state index in [1.54, 1.807) is 27.1 Å². The van der Waals surface area contributed by atoms with Gasteiger partial charge in [-0.3, -0.25) is 9.48 Å². The van der Waals surface area contributed by atoms with Crippen molar-refractivity contribution in [3.63, 3.8) is 0 Å². The van der Waals surface area contributed by atoms with E-state index in [1.165, 1.54) is 10.9 Å². The fraction of sp³-hybridized carbons (Fsp3) is 0.500. The van der Waals surface area contributed by atoms with Gasteiger partial charge in [-0.2, -0.15) is 5.10 Å². The van der Waals surface area contributed by atoms with Crippen LogP contribution in [0.3, 0.4) is 0 Å². The zero-order valence-corrected chi connectivity index (χ0v) is 9.56. The molecule has 6 heteroatoms. The van der Waals surface area contributed by atoms with Gasteiger partial charge in [-0.25, -0.2) is 4.79 Å². The Balaban J connectivity index is 2.54. The summed E-state index contributed by atoms with van der Waals surface area (Å²) in [6.07, 6.45) is 3.01. The van der Waals surface area contributed by atoms with E-state index in [2.05, 4.69) is 10.4 Å². The minimum atomic E-state index is -0.660. The summed E-state index contributed by atoms with van der Waals surface area (Å²) in [5.74, 6) is -0.784. The van der Waals surface area contributed by atoms with Crippen molar-refractivity contribution in [1.29, 1.82) is 0 Å². The van der Waals surface area contributed by atoms with Gasteiger partial charge in [0.1, 0.15) is 6.04 Å². The quantitative estimate of drug-likeness (QED) is 0.738. The Hall–Kier alpha value is -1.85. The third-order valence-electron chi connectivity index (χ3n) is 1.95. The summed E-state index contributed by atoms with van der Waals surface area (Å²) in [6.45, 7) is 3.59. The Morgan fingerprint density at radius 1 is 1.62 bits per heavy atom. The molecule has 0 bridgehead atoms. The number of hydrogen-bond donors (Lipinski definition) is 1. The molecular weight excluding hydrogens is 210 g/mol. The predicted octanol–water partition coefficient (Wildman–Crippen LogP) is 0.101. The fourth-order valence-electron chi connectivity index (χ4n) is 1.14. The Morgan fingerprint density at radius 3 is 2.81 bits per heavy atom. The molecule has 1 atom stereocenters. The molecule has 0 radical (unpaired) electrons. The van der Waals surface area contributed by atoms with E-state index in [4.69, 9.17) is 4.74 Å². The van der Waals surface area contributed by atoms with Crippen LogP contribution in [0.15, 0.2) is 12.4 Å². The van der Waals surface area contributed by atoms with E-state index in [0.29, 0.717) is 12.2 Å². The molecule has 0 aliphatic rings. The van der Waals surface area contributed by atoms with Gasteiger partial charge >= 0.3 is 5.97 Å². The lowest BCUT2D eigenvalue weighted by Gasteiger charge is -2.11. The third kappa shape index (κ3) is 3.08. The van der Waals surface area contributed by atoms with Gasteiger partial charge in [0, 0.05) is 13.2 Å². The van der Waals surface area contributed by atoms with Gasteiger partial charge in [0.25, 0.3) is 5.91 Å². The van der Waals surface area contributed by atoms with Crippen LogP contribution < -0.4 is 5.32 Å². The van der Waals surface area contributed by atoms with E-state index >= 15 is 0 Å². The van der Waals surface area contributed by atoms with Crippen molar-refractivity contribution in [2.75, 3.05) is 6.61 Å². The standard InChI is InChI=1S/C10H15N3O3/c1-4-16-10(15)7(2)12-9(14)8-5-11-13(3)6-8/h5-7H,4H2,1-3H3,(H,12,14). The maximum absolute atomic E-state index is 11.6. The predicted molar refractivity (Wildman–Crippen MR) is 56.8 cm³/mol. The van der Waals surface area contributed by atoms with Crippen molar-refractivity contribution in [3.8, 4) is 0 Å². The summed E-state index contributed by atoms with van der Waals surface area (Å²) in [5, 5.41) is 6.39. The van der Waals surface area contributed by atoms with Gasteiger partial charge in [0.05, 0.1) is 18.4 Å². The van der Waals surface area contributed by atoms with Crippen molar-refractivity contribution in [2.45, 2.75) is 19.9 Å². The van der Waals surface area contributed by atoms with Crippen LogP contribution in [0.1, 0.15) is 24.2 Å². The molecule has 88 valence electrons. The number of hydrogen-bond acceptors (Lipinski definition) is 4. The number of nitrogens with zero attached hydrogens (tertiary/aromatic N) is 2. The lowest BCUT2D eigenvalue weighted by atomic mass is 10.3. The molecule has 1 aromatic rings. The summed E-state index contributed by atoms with van der Waals surface area (Å²) in [5.41, 5.74) is 0.415. The second-order valence-corrected chi connectivity index (χ2v) is 3.35. The van der Waals surface area contributed by atoms with Gasteiger partial charge in [0.15, 0.2) is 0 Å². The van der Waals surface area contributed by atoms with Crippen molar-refractivity contribution in [3.05, 3.63) is 18.0 Å². The molecule has 1 heterocycles. The largest absolute Gasteiger partial charge is 0.464 e. The molecule has 0 saturated heterocycles. The Kier molecular flexibility index (Phi) is 4.04. The van der Waals surface area contributed by atoms with Crippen LogP contribution in [-0.2, 0) is 16.6 Å². The summed E-state index contributed by atoms with van der Waals surface area (Å²) >= 11 is 0. The molecule has 1 N–H and O–H groups in total. The number of esters is 1. The van der Waals surface area contributed by atoms with E-state index in [0.717, 1.165) is 0 Å². The minimum Gasteiger partial charge on any atom is -0.464 e. The molecule has 0 aliphatic heterocycles. The molecule has 0 aliphatic carbocycles. The van der Waals surface area contributed by atoms with Crippen LogP contribution >= 0.6 is 0 Å². The second kappa shape index (κ2) is 5.29. The molecule has 0 fully saturated rings. The zero-order chi connectivity index (χ0) is 12.1. The average Bonchev–Trinajstić information content (AvgIpc) is 2.65. The molecule has 6 nitrogen and oxygen atoms in total. The third-order valence-corrected chi connectivity index (χ3v) is 1.95. The summed E-state index contributed by atoms with van der Waals surface area (Å²) in [4.78, 5) is 22.9. The number of amides is 1. The number of aromatic nitrogens is 2. The highest BCUT2D eigenvalue weighted by Crippen LogP contribution is 1.97. The molecular formula is C10H15N3O3. The molecule has 16 heavy (non-hydrogen) atoms. The molecule has 0 saturated carbocycles. The average molecular weight is 225 g/mol. The van der Waals surface area contributed by atoms with Gasteiger partial charge in [-0.1, -0.05) is 0 Å². The smallest absolute Gasteiger partial charge is 0.328 e. The maximum atomic E-state index is 11.6. The maximum Gasteiger partial charge on any atom is 0.328 e. The number of rotatable bonds is 4. The lowest BCUT2D eigenvalue weighted by Crippen LogP contribution is -2.39. The molecule has 1 amide bonds. The monoisotopic (exact) mass is 225 g/mol. The molecule has 0 spiro atoms. The first-order valence-electron chi connectivity index (χ1n) is 5.00. The van der Waals surface area contributed by atoms with Crippen molar-refractivity contribution >= 4 is 11.9 Å². The first-order valence-corrected chi connectivity index (χ1v) is 5.00. The highest BCUT2D eigenvalue weighted by Gasteiger charge is 2.17. The lowest BCUT2D eigenvalue weighted by molar-refractivity contribution is -0.144. The van der Waals surface area contributed by atoms with Crippen molar-refractivity contribution in [2.24, 2.45) is 7.05 Å². The fourth-order valence-corrected chi connectivity index (χ4v) is 1.14.